The third kappa shape index (κ3) is 6.62. The Kier molecular flexibility index (Phi) is 9.78. The zero-order valence-corrected chi connectivity index (χ0v) is 11.1. The number of hydrogen-bond acceptors (Lipinski definition) is 3. The fourth-order valence-electron chi connectivity index (χ4n) is 0.963. The molecule has 0 rings (SSSR count). The van der Waals surface area contributed by atoms with Crippen molar-refractivity contribution in [3.8, 4) is 0 Å². The van der Waals surface area contributed by atoms with Crippen LogP contribution in [-0.2, 0) is 15.9 Å². The van der Waals surface area contributed by atoms with E-state index in [0.717, 1.165) is 0 Å². The van der Waals surface area contributed by atoms with Crippen LogP contribution in [0.3, 0.4) is 0 Å². The van der Waals surface area contributed by atoms with Gasteiger partial charge in [-0.3, -0.25) is 9.00 Å². The van der Waals surface area contributed by atoms with Gasteiger partial charge < -0.3 is 10.3 Å². The molecule has 0 saturated carbocycles. The number of hydrogen-bond donors (Lipinski definition) is 1. The van der Waals surface area contributed by atoms with Gasteiger partial charge in [-0.05, 0) is 12.8 Å². The molecule has 0 aliphatic rings. The molecule has 3 atom stereocenters. The molecule has 0 aromatic heterocycles. The van der Waals surface area contributed by atoms with E-state index < -0.39 is 22.2 Å². The van der Waals surface area contributed by atoms with Gasteiger partial charge >= 0.3 is 29.6 Å². The van der Waals surface area contributed by atoms with E-state index in [-0.39, 0.29) is 35.5 Å². The van der Waals surface area contributed by atoms with Gasteiger partial charge in [0.25, 0.3) is 0 Å². The molecule has 6 heteroatoms. The number of nitrogens with two attached hydrogens (primary N) is 1. The fourth-order valence-corrected chi connectivity index (χ4v) is 1.35. The summed E-state index contributed by atoms with van der Waals surface area (Å²) in [6, 6.07) is 0. The summed E-state index contributed by atoms with van der Waals surface area (Å²) in [5, 5.41) is -0.498. The summed E-state index contributed by atoms with van der Waals surface area (Å²) in [5.74, 6) is -0.743. The summed E-state index contributed by atoms with van der Waals surface area (Å²) in [5.41, 5.74) is 5.06. The van der Waals surface area contributed by atoms with Crippen LogP contribution in [0.5, 0.6) is 0 Å². The summed E-state index contributed by atoms with van der Waals surface area (Å²) in [4.78, 5) is 10.7. The van der Waals surface area contributed by atoms with Crippen molar-refractivity contribution in [1.29, 1.82) is 0 Å². The average molecular weight is 215 g/mol. The van der Waals surface area contributed by atoms with Crippen molar-refractivity contribution in [1.82, 2.24) is 0 Å². The van der Waals surface area contributed by atoms with E-state index in [1.54, 1.807) is 6.92 Å². The zero-order valence-electron chi connectivity index (χ0n) is 8.28. The predicted molar refractivity (Wildman–Crippen MR) is 46.0 cm³/mol. The monoisotopic (exact) mass is 215 g/mol. The number of amides is 1. The van der Waals surface area contributed by atoms with E-state index in [1.165, 1.54) is 0 Å². The summed E-state index contributed by atoms with van der Waals surface area (Å²) < 4.78 is 20.8. The maximum Gasteiger partial charge on any atom is 1.00 e. The standard InChI is InChI=1S/C7H15NO3S.Na/c1-3-6(7(8)9)4-5(2)12(10)11;/h5-6H,3-4H2,1-2H3,(H2,8,9)(H,10,11);/q;+1/p-1. The molecule has 0 aromatic rings. The largest absolute Gasteiger partial charge is 1.00 e. The predicted octanol–water partition coefficient (Wildman–Crippen LogP) is -2.84. The molecule has 4 nitrogen and oxygen atoms in total. The van der Waals surface area contributed by atoms with Gasteiger partial charge in [0.05, 0.1) is 0 Å². The summed E-state index contributed by atoms with van der Waals surface area (Å²) in [6.45, 7) is 3.38. The van der Waals surface area contributed by atoms with Crippen molar-refractivity contribution < 1.29 is 43.1 Å². The molecule has 0 aromatic carbocycles. The first-order chi connectivity index (χ1) is 5.49. The maximum absolute atomic E-state index is 10.7. The van der Waals surface area contributed by atoms with Crippen LogP contribution in [0.15, 0.2) is 0 Å². The van der Waals surface area contributed by atoms with Crippen molar-refractivity contribution in [3.05, 3.63) is 0 Å². The molecule has 72 valence electrons. The Labute approximate surface area is 103 Å². The van der Waals surface area contributed by atoms with Crippen molar-refractivity contribution >= 4 is 17.0 Å². The molecule has 0 fully saturated rings. The van der Waals surface area contributed by atoms with E-state index in [0.29, 0.717) is 12.8 Å². The first-order valence-electron chi connectivity index (χ1n) is 3.86. The Balaban J connectivity index is 0. The Hall–Kier alpha value is 0.580. The third-order valence-corrected chi connectivity index (χ3v) is 2.69. The molecule has 0 radical (unpaired) electrons. The van der Waals surface area contributed by atoms with Crippen LogP contribution < -0.4 is 35.3 Å². The number of carbonyl (C=O) groups excluding carboxylic acids is 1. The summed E-state index contributed by atoms with van der Waals surface area (Å²) in [6.07, 6.45) is 0.915. The van der Waals surface area contributed by atoms with Gasteiger partial charge in [-0.15, -0.1) is 0 Å². The van der Waals surface area contributed by atoms with Gasteiger partial charge in [-0.25, -0.2) is 0 Å². The van der Waals surface area contributed by atoms with Gasteiger partial charge in [0, 0.05) is 11.2 Å². The van der Waals surface area contributed by atoms with Crippen molar-refractivity contribution in [2.75, 3.05) is 0 Å². The van der Waals surface area contributed by atoms with Gasteiger partial charge in [0.2, 0.25) is 5.91 Å². The van der Waals surface area contributed by atoms with E-state index in [9.17, 15) is 13.6 Å². The number of primary amides is 1. The molecule has 0 aliphatic carbocycles. The minimum atomic E-state index is -2.11. The number of rotatable bonds is 5. The van der Waals surface area contributed by atoms with Crippen molar-refractivity contribution in [2.24, 2.45) is 11.7 Å². The second kappa shape index (κ2) is 7.94. The van der Waals surface area contributed by atoms with Crippen LogP contribution in [0.2, 0.25) is 0 Å². The Morgan fingerprint density at radius 2 is 2.08 bits per heavy atom. The molecule has 0 spiro atoms. The molecule has 0 bridgehead atoms. The van der Waals surface area contributed by atoms with Crippen LogP contribution >= 0.6 is 0 Å². The van der Waals surface area contributed by atoms with Gasteiger partial charge in [0.1, 0.15) is 0 Å². The molecule has 3 unspecified atom stereocenters. The van der Waals surface area contributed by atoms with E-state index in [1.807, 2.05) is 6.92 Å². The Bertz CT molecular complexity index is 189. The molecule has 1 amide bonds. The van der Waals surface area contributed by atoms with Crippen LogP contribution in [0, 0.1) is 5.92 Å². The quantitative estimate of drug-likeness (QED) is 0.396. The third-order valence-electron chi connectivity index (χ3n) is 1.84. The summed E-state index contributed by atoms with van der Waals surface area (Å²) in [7, 11) is 0. The van der Waals surface area contributed by atoms with Gasteiger partial charge in [-0.1, -0.05) is 24.9 Å². The van der Waals surface area contributed by atoms with Crippen molar-refractivity contribution in [2.45, 2.75) is 31.9 Å². The van der Waals surface area contributed by atoms with E-state index in [2.05, 4.69) is 0 Å². The molecule has 0 saturated heterocycles. The smallest absolute Gasteiger partial charge is 0.772 e. The second-order valence-electron chi connectivity index (χ2n) is 2.81. The zero-order chi connectivity index (χ0) is 9.72. The first-order valence-corrected chi connectivity index (χ1v) is 5.00. The molecular weight excluding hydrogens is 201 g/mol. The Morgan fingerprint density at radius 1 is 1.62 bits per heavy atom. The minimum Gasteiger partial charge on any atom is -0.772 e. The van der Waals surface area contributed by atoms with E-state index >= 15 is 0 Å². The minimum absolute atomic E-state index is 0. The molecule has 13 heavy (non-hydrogen) atoms. The molecule has 0 aliphatic heterocycles. The van der Waals surface area contributed by atoms with Gasteiger partial charge in [0.15, 0.2) is 0 Å². The normalized spacial score (nSPS) is 16.8. The van der Waals surface area contributed by atoms with E-state index in [4.69, 9.17) is 5.73 Å². The summed E-state index contributed by atoms with van der Waals surface area (Å²) >= 11 is -2.11. The van der Waals surface area contributed by atoms with Gasteiger partial charge in [-0.2, -0.15) is 0 Å². The van der Waals surface area contributed by atoms with Crippen LogP contribution in [0.4, 0.5) is 0 Å². The van der Waals surface area contributed by atoms with Crippen LogP contribution in [0.25, 0.3) is 0 Å². The molecule has 2 N–H and O–H groups in total. The first kappa shape index (κ1) is 16.0. The fraction of sp³-hybridized carbons (Fsp3) is 0.857. The molecular formula is C7H14NNaO3S. The maximum atomic E-state index is 10.7. The Morgan fingerprint density at radius 3 is 2.31 bits per heavy atom. The van der Waals surface area contributed by atoms with Crippen LogP contribution in [-0.4, -0.2) is 19.9 Å². The topological polar surface area (TPSA) is 83.2 Å². The average Bonchev–Trinajstić information content (AvgIpc) is 1.98. The SMILES string of the molecule is CCC(CC(C)S(=O)[O-])C(N)=O.[Na+]. The molecule has 0 heterocycles. The van der Waals surface area contributed by atoms with Crippen LogP contribution in [0.1, 0.15) is 26.7 Å². The van der Waals surface area contributed by atoms with Crippen molar-refractivity contribution in [3.63, 3.8) is 0 Å². The number of carbonyl (C=O) groups is 1. The second-order valence-corrected chi connectivity index (χ2v) is 4.14.